The number of anilines is 1. The lowest BCUT2D eigenvalue weighted by Crippen LogP contribution is -2.12. The van der Waals surface area contributed by atoms with Gasteiger partial charge in [0.15, 0.2) is 0 Å². The van der Waals surface area contributed by atoms with Crippen molar-refractivity contribution in [3.63, 3.8) is 0 Å². The number of hydrogen-bond acceptors (Lipinski definition) is 4. The van der Waals surface area contributed by atoms with Gasteiger partial charge in [0.2, 0.25) is 5.91 Å². The Morgan fingerprint density at radius 3 is 2.76 bits per heavy atom. The second kappa shape index (κ2) is 5.87. The van der Waals surface area contributed by atoms with Gasteiger partial charge in [-0.1, -0.05) is 17.7 Å². The van der Waals surface area contributed by atoms with Crippen LogP contribution < -0.4 is 10.1 Å². The second-order valence-electron chi connectivity index (χ2n) is 4.77. The topological polar surface area (TPSA) is 55.4 Å². The number of thiophene rings is 1. The van der Waals surface area contributed by atoms with Crippen LogP contribution in [0.2, 0.25) is 5.02 Å². The maximum absolute atomic E-state index is 12.0. The summed E-state index contributed by atoms with van der Waals surface area (Å²) in [6.07, 6.45) is 1.89. The summed E-state index contributed by atoms with van der Waals surface area (Å²) in [5, 5.41) is 3.96. The molecule has 1 heterocycles. The van der Waals surface area contributed by atoms with Gasteiger partial charge in [0, 0.05) is 10.9 Å². The van der Waals surface area contributed by atoms with Gasteiger partial charge in [0.25, 0.3) is 0 Å². The van der Waals surface area contributed by atoms with Crippen LogP contribution in [0.5, 0.6) is 5.75 Å². The predicted octanol–water partition coefficient (Wildman–Crippen LogP) is 3.97. The number of rotatable bonds is 4. The molecule has 2 aromatic rings. The fraction of sp³-hybridized carbons (Fsp3) is 0.200. The third kappa shape index (κ3) is 3.62. The molecule has 1 saturated carbocycles. The van der Waals surface area contributed by atoms with Crippen LogP contribution in [0.1, 0.15) is 22.5 Å². The number of benzene rings is 1. The Labute approximate surface area is 130 Å². The van der Waals surface area contributed by atoms with Crippen molar-refractivity contribution in [1.82, 2.24) is 0 Å². The molecule has 1 fully saturated rings. The van der Waals surface area contributed by atoms with E-state index in [1.54, 1.807) is 36.4 Å². The first kappa shape index (κ1) is 14.1. The van der Waals surface area contributed by atoms with Crippen molar-refractivity contribution in [3.8, 4) is 5.75 Å². The molecule has 0 bridgehead atoms. The maximum atomic E-state index is 12.0. The fourth-order valence-electron chi connectivity index (χ4n) is 1.77. The van der Waals surface area contributed by atoms with E-state index < -0.39 is 5.97 Å². The molecule has 0 aliphatic heterocycles. The van der Waals surface area contributed by atoms with Crippen LogP contribution in [-0.2, 0) is 4.79 Å². The first-order valence-corrected chi connectivity index (χ1v) is 7.70. The van der Waals surface area contributed by atoms with Gasteiger partial charge in [-0.3, -0.25) is 4.79 Å². The minimum Gasteiger partial charge on any atom is -0.422 e. The molecule has 1 N–H and O–H groups in total. The summed E-state index contributed by atoms with van der Waals surface area (Å²) in [6, 6.07) is 9.99. The highest BCUT2D eigenvalue weighted by Crippen LogP contribution is 2.32. The van der Waals surface area contributed by atoms with Gasteiger partial charge in [-0.05, 0) is 43.2 Å². The molecule has 4 nitrogen and oxygen atoms in total. The van der Waals surface area contributed by atoms with E-state index in [0.717, 1.165) is 12.8 Å². The zero-order valence-electron chi connectivity index (χ0n) is 11.0. The highest BCUT2D eigenvalue weighted by Gasteiger charge is 2.29. The molecule has 0 atom stereocenters. The molecule has 1 amide bonds. The fourth-order valence-corrected chi connectivity index (χ4v) is 2.74. The van der Waals surface area contributed by atoms with E-state index in [0.29, 0.717) is 20.7 Å². The monoisotopic (exact) mass is 321 g/mol. The minimum absolute atomic E-state index is 0.0200. The molecule has 1 aliphatic carbocycles. The van der Waals surface area contributed by atoms with Crippen LogP contribution in [0.3, 0.4) is 0 Å². The minimum atomic E-state index is -0.464. The van der Waals surface area contributed by atoms with Crippen molar-refractivity contribution in [2.75, 3.05) is 5.32 Å². The largest absolute Gasteiger partial charge is 0.422 e. The van der Waals surface area contributed by atoms with Crippen molar-refractivity contribution in [1.29, 1.82) is 0 Å². The normalized spacial score (nSPS) is 13.8. The summed E-state index contributed by atoms with van der Waals surface area (Å²) in [4.78, 5) is 24.1. The third-order valence-electron chi connectivity index (χ3n) is 3.01. The van der Waals surface area contributed by atoms with E-state index in [1.165, 1.54) is 11.3 Å². The van der Waals surface area contributed by atoms with Crippen LogP contribution in [0.25, 0.3) is 0 Å². The number of hydrogen-bond donors (Lipinski definition) is 1. The number of ether oxygens (including phenoxy) is 1. The van der Waals surface area contributed by atoms with Gasteiger partial charge in [-0.25, -0.2) is 4.79 Å². The Hall–Kier alpha value is -1.85. The summed E-state index contributed by atoms with van der Waals surface area (Å²) in [5.74, 6) is 0.0826. The number of halogens is 1. The average Bonchev–Trinajstić information content (AvgIpc) is 3.19. The lowest BCUT2D eigenvalue weighted by atomic mass is 10.3. The average molecular weight is 322 g/mol. The molecule has 0 radical (unpaired) electrons. The molecule has 0 unspecified atom stereocenters. The Bertz CT molecular complexity index is 694. The molecule has 3 rings (SSSR count). The van der Waals surface area contributed by atoms with E-state index in [9.17, 15) is 9.59 Å². The van der Waals surface area contributed by atoms with E-state index in [1.807, 2.05) is 0 Å². The lowest BCUT2D eigenvalue weighted by Gasteiger charge is -2.02. The maximum Gasteiger partial charge on any atom is 0.353 e. The molecule has 1 aromatic carbocycles. The van der Waals surface area contributed by atoms with Gasteiger partial charge >= 0.3 is 5.97 Å². The molecular formula is C15H12ClNO3S. The quantitative estimate of drug-likeness (QED) is 0.684. The number of nitrogens with one attached hydrogen (secondary N) is 1. The van der Waals surface area contributed by atoms with Crippen LogP contribution in [-0.4, -0.2) is 11.9 Å². The van der Waals surface area contributed by atoms with Crippen molar-refractivity contribution < 1.29 is 14.3 Å². The van der Waals surface area contributed by atoms with Gasteiger partial charge in [-0.2, -0.15) is 0 Å². The second-order valence-corrected chi connectivity index (χ2v) is 6.29. The first-order chi connectivity index (χ1) is 10.1. The molecular weight excluding hydrogens is 310 g/mol. The molecule has 1 aromatic heterocycles. The molecule has 108 valence electrons. The Kier molecular flexibility index (Phi) is 3.94. The van der Waals surface area contributed by atoms with Gasteiger partial charge in [0.1, 0.15) is 10.6 Å². The highest BCUT2D eigenvalue weighted by atomic mass is 35.5. The van der Waals surface area contributed by atoms with Crippen LogP contribution in [0.4, 0.5) is 5.00 Å². The Morgan fingerprint density at radius 1 is 1.24 bits per heavy atom. The summed E-state index contributed by atoms with van der Waals surface area (Å²) in [5.41, 5.74) is 0. The zero-order chi connectivity index (χ0) is 14.8. The Morgan fingerprint density at radius 2 is 2.05 bits per heavy atom. The smallest absolute Gasteiger partial charge is 0.353 e. The SMILES string of the molecule is O=C(Oc1cccc(Cl)c1)c1ccc(NC(=O)C2CC2)s1. The first-order valence-electron chi connectivity index (χ1n) is 6.50. The number of esters is 1. The standard InChI is InChI=1S/C15H12ClNO3S/c16-10-2-1-3-11(8-10)20-15(19)12-6-7-13(21-12)17-14(18)9-4-5-9/h1-3,6-9H,4-5H2,(H,17,18). The highest BCUT2D eigenvalue weighted by molar-refractivity contribution is 7.18. The van der Waals surface area contributed by atoms with Gasteiger partial charge in [0.05, 0.1) is 5.00 Å². The molecule has 0 spiro atoms. The molecule has 6 heteroatoms. The number of carbonyl (C=O) groups is 2. The summed E-state index contributed by atoms with van der Waals surface area (Å²) in [6.45, 7) is 0. The van der Waals surface area contributed by atoms with E-state index >= 15 is 0 Å². The van der Waals surface area contributed by atoms with E-state index in [2.05, 4.69) is 5.32 Å². The summed E-state index contributed by atoms with van der Waals surface area (Å²) in [7, 11) is 0. The van der Waals surface area contributed by atoms with E-state index in [4.69, 9.17) is 16.3 Å². The molecule has 0 saturated heterocycles. The zero-order valence-corrected chi connectivity index (χ0v) is 12.5. The number of amides is 1. The molecule has 1 aliphatic rings. The molecule has 21 heavy (non-hydrogen) atoms. The third-order valence-corrected chi connectivity index (χ3v) is 4.22. The van der Waals surface area contributed by atoms with Crippen LogP contribution in [0.15, 0.2) is 36.4 Å². The van der Waals surface area contributed by atoms with Crippen molar-refractivity contribution in [2.24, 2.45) is 5.92 Å². The lowest BCUT2D eigenvalue weighted by molar-refractivity contribution is -0.117. The summed E-state index contributed by atoms with van der Waals surface area (Å²) < 4.78 is 5.23. The van der Waals surface area contributed by atoms with Gasteiger partial charge < -0.3 is 10.1 Å². The predicted molar refractivity (Wildman–Crippen MR) is 82.1 cm³/mol. The van der Waals surface area contributed by atoms with Gasteiger partial charge in [-0.15, -0.1) is 11.3 Å². The number of carbonyl (C=O) groups excluding carboxylic acids is 2. The van der Waals surface area contributed by atoms with Crippen molar-refractivity contribution in [3.05, 3.63) is 46.3 Å². The van der Waals surface area contributed by atoms with Crippen molar-refractivity contribution in [2.45, 2.75) is 12.8 Å². The van der Waals surface area contributed by atoms with Crippen molar-refractivity contribution >= 4 is 39.8 Å². The van der Waals surface area contributed by atoms with Crippen LogP contribution in [0, 0.1) is 5.92 Å². The summed E-state index contributed by atoms with van der Waals surface area (Å²) >= 11 is 7.03. The van der Waals surface area contributed by atoms with E-state index in [-0.39, 0.29) is 11.8 Å². The Balaban J connectivity index is 1.64. The van der Waals surface area contributed by atoms with Crippen LogP contribution >= 0.6 is 22.9 Å².